The number of nitrogens with one attached hydrogen (secondary N) is 1. The Morgan fingerprint density at radius 2 is 1.91 bits per heavy atom. The highest BCUT2D eigenvalue weighted by Gasteiger charge is 2.30. The normalized spacial score (nSPS) is 27.4. The van der Waals surface area contributed by atoms with E-state index >= 15 is 0 Å². The molecule has 0 bridgehead atoms. The maximum atomic E-state index is 12.3. The van der Waals surface area contributed by atoms with Crippen molar-refractivity contribution in [3.05, 3.63) is 0 Å². The van der Waals surface area contributed by atoms with Crippen LogP contribution in [0.5, 0.6) is 0 Å². The smallest absolute Gasteiger partial charge is 0.225 e. The molecule has 1 aliphatic heterocycles. The van der Waals surface area contributed by atoms with Crippen LogP contribution in [0.1, 0.15) is 58.8 Å². The molecule has 2 aliphatic rings. The largest absolute Gasteiger partial charge is 0.396 e. The molecule has 1 saturated carbocycles. The van der Waals surface area contributed by atoms with Gasteiger partial charge in [-0.2, -0.15) is 0 Å². The van der Waals surface area contributed by atoms with Crippen LogP contribution < -0.4 is 5.32 Å². The van der Waals surface area contributed by atoms with E-state index in [9.17, 15) is 9.90 Å². The van der Waals surface area contributed by atoms with Crippen molar-refractivity contribution in [2.45, 2.75) is 64.8 Å². The Balaban J connectivity index is 1.86. The number of piperidine rings is 1. The number of carbonyl (C=O) groups is 1. The molecule has 0 aromatic carbocycles. The summed E-state index contributed by atoms with van der Waals surface area (Å²) < 4.78 is 0. The van der Waals surface area contributed by atoms with Gasteiger partial charge in [0.15, 0.2) is 0 Å². The van der Waals surface area contributed by atoms with E-state index in [-0.39, 0.29) is 18.4 Å². The van der Waals surface area contributed by atoms with Gasteiger partial charge in [0, 0.05) is 31.7 Å². The number of nitrogens with zero attached hydrogens (tertiary/aromatic N) is 1. The molecule has 4 nitrogen and oxygen atoms in total. The Hall–Kier alpha value is -0.610. The Bertz CT molecular complexity index is 340. The minimum atomic E-state index is 0.0619. The molecule has 2 atom stereocenters. The summed E-state index contributed by atoms with van der Waals surface area (Å²) in [5, 5.41) is 13.0. The van der Waals surface area contributed by atoms with Gasteiger partial charge in [0.25, 0.3) is 0 Å². The fourth-order valence-electron chi connectivity index (χ4n) is 4.01. The molecule has 2 rings (SSSR count). The Labute approximate surface area is 135 Å². The second-order valence-corrected chi connectivity index (χ2v) is 7.62. The van der Waals surface area contributed by atoms with E-state index in [0.717, 1.165) is 38.4 Å². The summed E-state index contributed by atoms with van der Waals surface area (Å²) in [6.07, 6.45) is 8.76. The van der Waals surface area contributed by atoms with Crippen LogP contribution in [0.25, 0.3) is 0 Å². The van der Waals surface area contributed by atoms with Gasteiger partial charge in [0.1, 0.15) is 0 Å². The fourth-order valence-corrected chi connectivity index (χ4v) is 4.01. The quantitative estimate of drug-likeness (QED) is 0.792. The number of amides is 1. The molecule has 2 fully saturated rings. The third-order valence-electron chi connectivity index (χ3n) is 5.30. The standard InChI is InChI=1S/C18H34N2O2/c1-14(2)18(22)20-12-16(8-9-21)10-17(13-20)19-11-15-6-4-3-5-7-15/h14-17,19,21H,3-13H2,1-2H3. The van der Waals surface area contributed by atoms with Crippen molar-refractivity contribution < 1.29 is 9.90 Å². The number of hydrogen-bond acceptors (Lipinski definition) is 3. The zero-order chi connectivity index (χ0) is 15.9. The molecule has 1 amide bonds. The maximum Gasteiger partial charge on any atom is 0.225 e. The maximum absolute atomic E-state index is 12.3. The van der Waals surface area contributed by atoms with Crippen LogP contribution in [0.3, 0.4) is 0 Å². The van der Waals surface area contributed by atoms with E-state index < -0.39 is 0 Å². The molecule has 0 aromatic heterocycles. The van der Waals surface area contributed by atoms with Crippen LogP contribution in [0.2, 0.25) is 0 Å². The van der Waals surface area contributed by atoms with Gasteiger partial charge in [-0.3, -0.25) is 4.79 Å². The summed E-state index contributed by atoms with van der Waals surface area (Å²) in [5.41, 5.74) is 0. The summed E-state index contributed by atoms with van der Waals surface area (Å²) in [6, 6.07) is 0.398. The molecule has 4 heteroatoms. The SMILES string of the molecule is CC(C)C(=O)N1CC(CCO)CC(NCC2CCCCC2)C1. The lowest BCUT2D eigenvalue weighted by Gasteiger charge is -2.39. The lowest BCUT2D eigenvalue weighted by Crippen LogP contribution is -2.53. The highest BCUT2D eigenvalue weighted by atomic mass is 16.3. The number of aliphatic hydroxyl groups is 1. The number of aliphatic hydroxyl groups excluding tert-OH is 1. The monoisotopic (exact) mass is 310 g/mol. The third-order valence-corrected chi connectivity index (χ3v) is 5.30. The van der Waals surface area contributed by atoms with Crippen LogP contribution in [-0.4, -0.2) is 48.2 Å². The van der Waals surface area contributed by atoms with E-state index in [1.807, 2.05) is 18.7 Å². The third kappa shape index (κ3) is 5.24. The van der Waals surface area contributed by atoms with E-state index in [2.05, 4.69) is 5.32 Å². The van der Waals surface area contributed by atoms with Gasteiger partial charge in [-0.25, -0.2) is 0 Å². The van der Waals surface area contributed by atoms with Gasteiger partial charge in [0.2, 0.25) is 5.91 Å². The molecule has 2 N–H and O–H groups in total. The molecule has 0 radical (unpaired) electrons. The van der Waals surface area contributed by atoms with E-state index in [1.165, 1.54) is 32.1 Å². The highest BCUT2D eigenvalue weighted by molar-refractivity contribution is 5.78. The van der Waals surface area contributed by atoms with Crippen molar-refractivity contribution in [2.24, 2.45) is 17.8 Å². The Morgan fingerprint density at radius 1 is 1.18 bits per heavy atom. The molecule has 1 heterocycles. The van der Waals surface area contributed by atoms with Crippen molar-refractivity contribution in [1.82, 2.24) is 10.2 Å². The zero-order valence-electron chi connectivity index (χ0n) is 14.4. The number of rotatable bonds is 6. The van der Waals surface area contributed by atoms with Crippen LogP contribution in [-0.2, 0) is 4.79 Å². The minimum absolute atomic E-state index is 0.0619. The van der Waals surface area contributed by atoms with Gasteiger partial charge in [-0.05, 0) is 44.1 Å². The first-order valence-electron chi connectivity index (χ1n) is 9.23. The first kappa shape index (κ1) is 17.7. The van der Waals surface area contributed by atoms with Crippen molar-refractivity contribution in [3.8, 4) is 0 Å². The molecule has 22 heavy (non-hydrogen) atoms. The fraction of sp³-hybridized carbons (Fsp3) is 0.944. The highest BCUT2D eigenvalue weighted by Crippen LogP contribution is 2.25. The van der Waals surface area contributed by atoms with Gasteiger partial charge >= 0.3 is 0 Å². The van der Waals surface area contributed by atoms with Crippen molar-refractivity contribution in [1.29, 1.82) is 0 Å². The zero-order valence-corrected chi connectivity index (χ0v) is 14.4. The molecule has 0 aromatic rings. The first-order chi connectivity index (χ1) is 10.6. The first-order valence-corrected chi connectivity index (χ1v) is 9.23. The molecule has 0 spiro atoms. The van der Waals surface area contributed by atoms with Gasteiger partial charge in [0.05, 0.1) is 0 Å². The summed E-state index contributed by atoms with van der Waals surface area (Å²) in [4.78, 5) is 14.4. The average Bonchev–Trinajstić information content (AvgIpc) is 2.53. The second kappa shape index (κ2) is 8.88. The summed E-state index contributed by atoms with van der Waals surface area (Å²) in [6.45, 7) is 6.93. The molecule has 2 unspecified atom stereocenters. The minimum Gasteiger partial charge on any atom is -0.396 e. The number of carbonyl (C=O) groups excluding carboxylic acids is 1. The van der Waals surface area contributed by atoms with E-state index in [4.69, 9.17) is 0 Å². The molecular formula is C18H34N2O2. The summed E-state index contributed by atoms with van der Waals surface area (Å²) >= 11 is 0. The predicted octanol–water partition coefficient (Wildman–Crippen LogP) is 2.41. The molecule has 1 aliphatic carbocycles. The topological polar surface area (TPSA) is 52.6 Å². The number of likely N-dealkylation sites (tertiary alicyclic amines) is 1. The predicted molar refractivity (Wildman–Crippen MR) is 89.6 cm³/mol. The van der Waals surface area contributed by atoms with E-state index in [0.29, 0.717) is 12.0 Å². The van der Waals surface area contributed by atoms with Crippen LogP contribution in [0.15, 0.2) is 0 Å². The van der Waals surface area contributed by atoms with Crippen molar-refractivity contribution in [3.63, 3.8) is 0 Å². The lowest BCUT2D eigenvalue weighted by atomic mass is 9.87. The van der Waals surface area contributed by atoms with Gasteiger partial charge in [-0.1, -0.05) is 33.1 Å². The van der Waals surface area contributed by atoms with Gasteiger partial charge < -0.3 is 15.3 Å². The van der Waals surface area contributed by atoms with E-state index in [1.54, 1.807) is 0 Å². The van der Waals surface area contributed by atoms with Crippen LogP contribution in [0, 0.1) is 17.8 Å². The molecule has 128 valence electrons. The Morgan fingerprint density at radius 3 is 2.55 bits per heavy atom. The van der Waals surface area contributed by atoms with Gasteiger partial charge in [-0.15, -0.1) is 0 Å². The molecular weight excluding hydrogens is 276 g/mol. The van der Waals surface area contributed by atoms with Crippen molar-refractivity contribution in [2.75, 3.05) is 26.2 Å². The van der Waals surface area contributed by atoms with Crippen molar-refractivity contribution >= 4 is 5.91 Å². The molecule has 1 saturated heterocycles. The Kier molecular flexibility index (Phi) is 7.16. The summed E-state index contributed by atoms with van der Waals surface area (Å²) in [5.74, 6) is 1.57. The average molecular weight is 310 g/mol. The second-order valence-electron chi connectivity index (χ2n) is 7.62. The summed E-state index contributed by atoms with van der Waals surface area (Å²) in [7, 11) is 0. The number of hydrogen-bond donors (Lipinski definition) is 2. The van der Waals surface area contributed by atoms with Crippen LogP contribution >= 0.6 is 0 Å². The van der Waals surface area contributed by atoms with Crippen LogP contribution in [0.4, 0.5) is 0 Å². The lowest BCUT2D eigenvalue weighted by molar-refractivity contribution is -0.137.